The molecule has 0 heterocycles. The highest BCUT2D eigenvalue weighted by atomic mass is 19.1. The fraction of sp³-hybridized carbons (Fsp3) is 0.483. The first kappa shape index (κ1) is 27.4. The van der Waals surface area contributed by atoms with Crippen molar-refractivity contribution in [3.8, 4) is 11.1 Å². The molecule has 3 N–H and O–H groups in total. The molecule has 1 saturated carbocycles. The van der Waals surface area contributed by atoms with Gasteiger partial charge >= 0.3 is 0 Å². The van der Waals surface area contributed by atoms with E-state index in [9.17, 15) is 18.8 Å². The number of rotatable bonds is 7. The van der Waals surface area contributed by atoms with E-state index in [0.29, 0.717) is 35.3 Å². The van der Waals surface area contributed by atoms with Crippen molar-refractivity contribution in [1.82, 2.24) is 16.0 Å². The molecule has 1 aliphatic rings. The SMILES string of the molecule is Cc1c(F)cc(C(=O)NC2CC2)cc1-c1ccc(C(=O)NCC(C)(C)C)cc1C(=O)NCC(C)(C)C. The summed E-state index contributed by atoms with van der Waals surface area (Å²) in [6.07, 6.45) is 1.84. The number of carbonyl (C=O) groups excluding carboxylic acids is 3. The average molecular weight is 496 g/mol. The van der Waals surface area contributed by atoms with Gasteiger partial charge in [-0.1, -0.05) is 47.6 Å². The highest BCUT2D eigenvalue weighted by Gasteiger charge is 2.26. The van der Waals surface area contributed by atoms with Crippen LogP contribution in [0.3, 0.4) is 0 Å². The van der Waals surface area contributed by atoms with Crippen LogP contribution in [0.15, 0.2) is 30.3 Å². The Kier molecular flexibility index (Phi) is 7.91. The lowest BCUT2D eigenvalue weighted by molar-refractivity contribution is 0.0933. The average Bonchev–Trinajstić information content (AvgIpc) is 3.60. The Morgan fingerprint density at radius 2 is 1.39 bits per heavy atom. The molecule has 2 aromatic carbocycles. The third-order valence-electron chi connectivity index (χ3n) is 5.89. The first-order valence-corrected chi connectivity index (χ1v) is 12.5. The normalized spacial score (nSPS) is 13.8. The molecule has 3 rings (SSSR count). The van der Waals surface area contributed by atoms with Crippen molar-refractivity contribution in [2.45, 2.75) is 67.3 Å². The molecule has 0 aromatic heterocycles. The Balaban J connectivity index is 2.05. The van der Waals surface area contributed by atoms with Crippen LogP contribution in [-0.4, -0.2) is 36.9 Å². The number of hydrogen-bond acceptors (Lipinski definition) is 3. The zero-order valence-corrected chi connectivity index (χ0v) is 22.4. The molecule has 194 valence electrons. The molecule has 7 heteroatoms. The van der Waals surface area contributed by atoms with Gasteiger partial charge in [-0.15, -0.1) is 0 Å². The smallest absolute Gasteiger partial charge is 0.251 e. The van der Waals surface area contributed by atoms with Crippen molar-refractivity contribution in [1.29, 1.82) is 0 Å². The minimum absolute atomic E-state index is 0.0986. The van der Waals surface area contributed by atoms with E-state index in [-0.39, 0.29) is 45.7 Å². The summed E-state index contributed by atoms with van der Waals surface area (Å²) < 4.78 is 15.0. The summed E-state index contributed by atoms with van der Waals surface area (Å²) in [5, 5.41) is 8.72. The third kappa shape index (κ3) is 7.39. The maximum Gasteiger partial charge on any atom is 0.251 e. The Morgan fingerprint density at radius 1 is 0.806 bits per heavy atom. The van der Waals surface area contributed by atoms with Crippen LogP contribution in [0.2, 0.25) is 0 Å². The van der Waals surface area contributed by atoms with Crippen molar-refractivity contribution in [3.05, 3.63) is 58.4 Å². The first-order valence-electron chi connectivity index (χ1n) is 12.5. The van der Waals surface area contributed by atoms with Crippen LogP contribution in [0.4, 0.5) is 4.39 Å². The molecule has 2 aromatic rings. The van der Waals surface area contributed by atoms with E-state index in [1.54, 1.807) is 31.2 Å². The summed E-state index contributed by atoms with van der Waals surface area (Å²) in [6.45, 7) is 14.6. The van der Waals surface area contributed by atoms with Crippen LogP contribution in [-0.2, 0) is 0 Å². The van der Waals surface area contributed by atoms with E-state index in [1.165, 1.54) is 6.07 Å². The highest BCUT2D eigenvalue weighted by Crippen LogP contribution is 2.31. The minimum atomic E-state index is -0.526. The summed E-state index contributed by atoms with van der Waals surface area (Å²) in [6, 6.07) is 7.80. The van der Waals surface area contributed by atoms with E-state index in [4.69, 9.17) is 0 Å². The third-order valence-corrected chi connectivity index (χ3v) is 5.89. The van der Waals surface area contributed by atoms with Crippen molar-refractivity contribution in [2.75, 3.05) is 13.1 Å². The molecule has 0 unspecified atom stereocenters. The quantitative estimate of drug-likeness (QED) is 0.491. The molecule has 0 atom stereocenters. The zero-order chi connectivity index (χ0) is 26.8. The van der Waals surface area contributed by atoms with Gasteiger partial charge in [0.05, 0.1) is 0 Å². The minimum Gasteiger partial charge on any atom is -0.352 e. The molecular weight excluding hydrogens is 457 g/mol. The van der Waals surface area contributed by atoms with E-state index in [1.807, 2.05) is 41.5 Å². The predicted molar refractivity (Wildman–Crippen MR) is 141 cm³/mol. The maximum absolute atomic E-state index is 15.0. The second-order valence-corrected chi connectivity index (χ2v) is 12.1. The standard InChI is InChI=1S/C29H38FN3O3/c1-17-22(13-19(14-24(17)30)26(35)33-20-9-10-20)21-11-8-18(25(34)31-15-28(2,3)4)12-23(21)27(36)32-16-29(5,6)7/h8,11-14,20H,9-10,15-16H2,1-7H3,(H,31,34)(H,32,36)(H,33,35). The number of benzene rings is 2. The lowest BCUT2D eigenvalue weighted by Gasteiger charge is -2.21. The van der Waals surface area contributed by atoms with Gasteiger partial charge in [0.15, 0.2) is 0 Å². The fourth-order valence-electron chi connectivity index (χ4n) is 3.58. The van der Waals surface area contributed by atoms with Gasteiger partial charge in [0, 0.05) is 35.8 Å². The number of carbonyl (C=O) groups is 3. The second kappa shape index (κ2) is 10.4. The zero-order valence-electron chi connectivity index (χ0n) is 22.4. The Bertz CT molecular complexity index is 1170. The number of halogens is 1. The maximum atomic E-state index is 15.0. The van der Waals surface area contributed by atoms with Gasteiger partial charge in [-0.25, -0.2) is 4.39 Å². The first-order chi connectivity index (χ1) is 16.6. The van der Waals surface area contributed by atoms with Gasteiger partial charge < -0.3 is 16.0 Å². The van der Waals surface area contributed by atoms with E-state index in [2.05, 4.69) is 16.0 Å². The van der Waals surface area contributed by atoms with Crippen molar-refractivity contribution >= 4 is 17.7 Å². The largest absolute Gasteiger partial charge is 0.352 e. The van der Waals surface area contributed by atoms with Gasteiger partial charge in [-0.2, -0.15) is 0 Å². The highest BCUT2D eigenvalue weighted by molar-refractivity contribution is 6.05. The molecule has 0 aliphatic heterocycles. The van der Waals surface area contributed by atoms with E-state index >= 15 is 0 Å². The second-order valence-electron chi connectivity index (χ2n) is 12.1. The molecule has 0 saturated heterocycles. The summed E-state index contributed by atoms with van der Waals surface area (Å²) in [4.78, 5) is 38.8. The lowest BCUT2D eigenvalue weighted by atomic mass is 9.91. The molecule has 3 amide bonds. The summed E-state index contributed by atoms with van der Waals surface area (Å²) in [5.74, 6) is -1.52. The lowest BCUT2D eigenvalue weighted by Crippen LogP contribution is -2.34. The van der Waals surface area contributed by atoms with Crippen LogP contribution in [0.5, 0.6) is 0 Å². The topological polar surface area (TPSA) is 87.3 Å². The Morgan fingerprint density at radius 3 is 1.94 bits per heavy atom. The number of hydrogen-bond donors (Lipinski definition) is 3. The molecular formula is C29H38FN3O3. The number of nitrogens with one attached hydrogen (secondary N) is 3. The summed E-state index contributed by atoms with van der Waals surface area (Å²) in [5.41, 5.74) is 1.78. The van der Waals surface area contributed by atoms with Crippen molar-refractivity contribution in [2.24, 2.45) is 10.8 Å². The molecule has 1 fully saturated rings. The molecule has 0 bridgehead atoms. The Labute approximate surface area is 213 Å². The molecule has 36 heavy (non-hydrogen) atoms. The molecule has 1 aliphatic carbocycles. The van der Waals surface area contributed by atoms with Gasteiger partial charge in [0.1, 0.15) is 5.82 Å². The number of amides is 3. The summed E-state index contributed by atoms with van der Waals surface area (Å²) >= 11 is 0. The van der Waals surface area contributed by atoms with Crippen LogP contribution >= 0.6 is 0 Å². The molecule has 0 spiro atoms. The predicted octanol–water partition coefficient (Wildman–Crippen LogP) is 5.25. The van der Waals surface area contributed by atoms with Crippen LogP contribution < -0.4 is 16.0 Å². The van der Waals surface area contributed by atoms with Crippen LogP contribution in [0, 0.1) is 23.6 Å². The van der Waals surface area contributed by atoms with Gasteiger partial charge in [-0.3, -0.25) is 14.4 Å². The van der Waals surface area contributed by atoms with Crippen molar-refractivity contribution in [3.63, 3.8) is 0 Å². The monoisotopic (exact) mass is 495 g/mol. The van der Waals surface area contributed by atoms with Crippen LogP contribution in [0.1, 0.15) is 91.0 Å². The fourth-order valence-corrected chi connectivity index (χ4v) is 3.58. The van der Waals surface area contributed by atoms with Gasteiger partial charge in [-0.05, 0) is 71.6 Å². The summed E-state index contributed by atoms with van der Waals surface area (Å²) in [7, 11) is 0. The van der Waals surface area contributed by atoms with Crippen LogP contribution in [0.25, 0.3) is 11.1 Å². The van der Waals surface area contributed by atoms with Gasteiger partial charge in [0.2, 0.25) is 0 Å². The molecule has 6 nitrogen and oxygen atoms in total. The van der Waals surface area contributed by atoms with E-state index in [0.717, 1.165) is 12.8 Å². The Hall–Kier alpha value is -3.22. The molecule has 0 radical (unpaired) electrons. The van der Waals surface area contributed by atoms with Gasteiger partial charge in [0.25, 0.3) is 17.7 Å². The van der Waals surface area contributed by atoms with E-state index < -0.39 is 5.82 Å². The van der Waals surface area contributed by atoms with Crippen molar-refractivity contribution < 1.29 is 18.8 Å².